The molecule has 3 aromatic rings. The lowest BCUT2D eigenvalue weighted by molar-refractivity contribution is 0.0121. The van der Waals surface area contributed by atoms with Gasteiger partial charge >= 0.3 is 0 Å². The summed E-state index contributed by atoms with van der Waals surface area (Å²) in [7, 11) is 0. The van der Waals surface area contributed by atoms with Crippen molar-refractivity contribution in [2.24, 2.45) is 0 Å². The molecule has 0 aliphatic heterocycles. The Morgan fingerprint density at radius 3 is 2.75 bits per heavy atom. The number of nitrogens with zero attached hydrogens (tertiary/aromatic N) is 6. The van der Waals surface area contributed by atoms with E-state index in [1.54, 1.807) is 13.0 Å². The third kappa shape index (κ3) is 2.60. The zero-order valence-corrected chi connectivity index (χ0v) is 12.7. The second-order valence-electron chi connectivity index (χ2n) is 5.25. The van der Waals surface area contributed by atoms with E-state index in [9.17, 15) is 8.78 Å². The smallest absolute Gasteiger partial charge is 0.288 e. The molecule has 3 heterocycles. The van der Waals surface area contributed by atoms with Gasteiger partial charge in [-0.05, 0) is 17.2 Å². The van der Waals surface area contributed by atoms with E-state index in [1.165, 1.54) is 0 Å². The summed E-state index contributed by atoms with van der Waals surface area (Å²) in [6, 6.07) is 1.66. The Morgan fingerprint density at radius 1 is 1.33 bits per heavy atom. The van der Waals surface area contributed by atoms with Crippen LogP contribution in [0.25, 0.3) is 11.2 Å². The zero-order valence-electron chi connectivity index (χ0n) is 12.7. The number of nitriles is 1. The number of anilines is 1. The summed E-state index contributed by atoms with van der Waals surface area (Å²) < 4.78 is 31.9. The average Bonchev–Trinajstić information content (AvgIpc) is 2.98. The minimum absolute atomic E-state index is 0.0578. The van der Waals surface area contributed by atoms with Gasteiger partial charge in [0.15, 0.2) is 5.52 Å². The minimum Gasteiger partial charge on any atom is -0.396 e. The lowest BCUT2D eigenvalue weighted by Gasteiger charge is -2.13. The van der Waals surface area contributed by atoms with Gasteiger partial charge < -0.3 is 5.73 Å². The predicted octanol–water partition coefficient (Wildman–Crippen LogP) is 1.87. The third-order valence-electron chi connectivity index (χ3n) is 3.47. The number of pyridine rings is 1. The fourth-order valence-electron chi connectivity index (χ4n) is 2.29. The van der Waals surface area contributed by atoms with Crippen LogP contribution in [-0.4, -0.2) is 25.3 Å². The Bertz CT molecular complexity index is 972. The molecule has 0 radical (unpaired) electrons. The molecule has 24 heavy (non-hydrogen) atoms. The van der Waals surface area contributed by atoms with Crippen molar-refractivity contribution in [1.29, 1.82) is 5.26 Å². The molecule has 0 atom stereocenters. The summed E-state index contributed by atoms with van der Waals surface area (Å²) in [6.07, 6.45) is 1.13. The Labute approximate surface area is 134 Å². The highest BCUT2D eigenvalue weighted by Crippen LogP contribution is 2.29. The maximum atomic E-state index is 13.6. The lowest BCUT2D eigenvalue weighted by Crippen LogP contribution is -2.15. The molecule has 0 fully saturated rings. The minimum atomic E-state index is -3.26. The molecule has 8 nitrogen and oxygen atoms in total. The van der Waals surface area contributed by atoms with Crippen LogP contribution in [0.4, 0.5) is 14.5 Å². The average molecular weight is 331 g/mol. The van der Waals surface area contributed by atoms with Crippen LogP contribution < -0.4 is 5.73 Å². The molecular formula is C14H11F2N7O. The van der Waals surface area contributed by atoms with Gasteiger partial charge in [0, 0.05) is 30.8 Å². The van der Waals surface area contributed by atoms with E-state index in [4.69, 9.17) is 11.0 Å². The molecule has 0 aliphatic carbocycles. The van der Waals surface area contributed by atoms with E-state index < -0.39 is 11.6 Å². The quantitative estimate of drug-likeness (QED) is 0.770. The number of rotatable bonds is 3. The van der Waals surface area contributed by atoms with Crippen molar-refractivity contribution >= 4 is 16.9 Å². The number of alkyl halides is 2. The summed E-state index contributed by atoms with van der Waals surface area (Å²) in [5.41, 5.74) is 7.03. The number of hydrogen-bond donors (Lipinski definition) is 1. The van der Waals surface area contributed by atoms with E-state index in [2.05, 4.69) is 29.9 Å². The van der Waals surface area contributed by atoms with Gasteiger partial charge in [-0.1, -0.05) is 0 Å². The first-order valence-electron chi connectivity index (χ1n) is 6.82. The Morgan fingerprint density at radius 2 is 2.08 bits per heavy atom. The SMILES string of the molecule is Cc1nc2nonc2c(N)c1Cc1ncc(C#N)c(C(C)(F)F)n1. The molecule has 0 saturated carbocycles. The van der Waals surface area contributed by atoms with Crippen LogP contribution in [-0.2, 0) is 12.3 Å². The van der Waals surface area contributed by atoms with Crippen LogP contribution in [0.2, 0.25) is 0 Å². The summed E-state index contributed by atoms with van der Waals surface area (Å²) in [6.45, 7) is 2.37. The van der Waals surface area contributed by atoms with Gasteiger partial charge in [-0.25, -0.2) is 19.6 Å². The van der Waals surface area contributed by atoms with Crippen molar-refractivity contribution in [3.8, 4) is 6.07 Å². The molecule has 0 aliphatic rings. The molecule has 3 rings (SSSR count). The molecule has 0 unspecified atom stereocenters. The van der Waals surface area contributed by atoms with Crippen LogP contribution >= 0.6 is 0 Å². The third-order valence-corrected chi connectivity index (χ3v) is 3.47. The maximum absolute atomic E-state index is 13.6. The van der Waals surface area contributed by atoms with Crippen molar-refractivity contribution < 1.29 is 13.4 Å². The van der Waals surface area contributed by atoms with E-state index >= 15 is 0 Å². The van der Waals surface area contributed by atoms with Crippen molar-refractivity contribution in [2.45, 2.75) is 26.2 Å². The first kappa shape index (κ1) is 15.7. The van der Waals surface area contributed by atoms with Crippen molar-refractivity contribution in [1.82, 2.24) is 25.3 Å². The fraction of sp³-hybridized carbons (Fsp3) is 0.286. The van der Waals surface area contributed by atoms with Crippen molar-refractivity contribution in [3.05, 3.63) is 34.5 Å². The zero-order chi connectivity index (χ0) is 17.5. The standard InChI is InChI=1S/C14H11F2N7O/c1-6-8(10(18)11-13(20-6)23-24-22-11)3-9-19-5-7(4-17)12(21-9)14(2,15)16/h5H,3,18H2,1-2H3. The van der Waals surface area contributed by atoms with Gasteiger partial charge in [-0.2, -0.15) is 14.0 Å². The van der Waals surface area contributed by atoms with E-state index in [0.717, 1.165) is 6.20 Å². The first-order chi connectivity index (χ1) is 11.3. The molecule has 10 heteroatoms. The van der Waals surface area contributed by atoms with Crippen LogP contribution in [0.3, 0.4) is 0 Å². The number of aromatic nitrogens is 5. The fourth-order valence-corrected chi connectivity index (χ4v) is 2.29. The molecule has 0 spiro atoms. The van der Waals surface area contributed by atoms with Crippen LogP contribution in [0.1, 0.15) is 35.3 Å². The van der Waals surface area contributed by atoms with E-state index in [1.807, 2.05) is 0 Å². The second-order valence-corrected chi connectivity index (χ2v) is 5.25. The number of fused-ring (bicyclic) bond motifs is 1. The summed E-state index contributed by atoms with van der Waals surface area (Å²) >= 11 is 0. The van der Waals surface area contributed by atoms with Gasteiger partial charge in [0.25, 0.3) is 5.92 Å². The van der Waals surface area contributed by atoms with Gasteiger partial charge in [-0.15, -0.1) is 0 Å². The highest BCUT2D eigenvalue weighted by molar-refractivity contribution is 5.85. The molecule has 0 aromatic carbocycles. The molecule has 3 aromatic heterocycles. The monoisotopic (exact) mass is 331 g/mol. The number of aryl methyl sites for hydroxylation is 1. The Hall–Kier alpha value is -3.22. The van der Waals surface area contributed by atoms with Gasteiger partial charge in [0.1, 0.15) is 17.6 Å². The number of hydrogen-bond acceptors (Lipinski definition) is 8. The molecular weight excluding hydrogens is 320 g/mol. The Kier molecular flexibility index (Phi) is 3.56. The van der Waals surface area contributed by atoms with Crippen LogP contribution in [0.15, 0.2) is 10.8 Å². The molecule has 122 valence electrons. The van der Waals surface area contributed by atoms with Gasteiger partial charge in [0.2, 0.25) is 5.65 Å². The summed E-state index contributed by atoms with van der Waals surface area (Å²) in [5, 5.41) is 16.2. The molecule has 0 saturated heterocycles. The molecule has 2 N–H and O–H groups in total. The first-order valence-corrected chi connectivity index (χ1v) is 6.82. The lowest BCUT2D eigenvalue weighted by atomic mass is 10.1. The van der Waals surface area contributed by atoms with Gasteiger partial charge in [-0.3, -0.25) is 0 Å². The number of nitrogen functional groups attached to an aromatic ring is 1. The van der Waals surface area contributed by atoms with Crippen molar-refractivity contribution in [2.75, 3.05) is 5.73 Å². The summed E-state index contributed by atoms with van der Waals surface area (Å²) in [4.78, 5) is 12.0. The number of nitrogens with two attached hydrogens (primary N) is 1. The van der Waals surface area contributed by atoms with Crippen molar-refractivity contribution in [3.63, 3.8) is 0 Å². The van der Waals surface area contributed by atoms with Gasteiger partial charge in [0.05, 0.1) is 11.3 Å². The van der Waals surface area contributed by atoms with E-state index in [0.29, 0.717) is 18.2 Å². The maximum Gasteiger partial charge on any atom is 0.288 e. The highest BCUT2D eigenvalue weighted by Gasteiger charge is 2.30. The van der Waals surface area contributed by atoms with Crippen LogP contribution in [0, 0.1) is 18.3 Å². The van der Waals surface area contributed by atoms with Crippen LogP contribution in [0.5, 0.6) is 0 Å². The molecule has 0 bridgehead atoms. The highest BCUT2D eigenvalue weighted by atomic mass is 19.3. The second kappa shape index (κ2) is 5.45. The largest absolute Gasteiger partial charge is 0.396 e. The van der Waals surface area contributed by atoms with E-state index in [-0.39, 0.29) is 34.7 Å². The topological polar surface area (TPSA) is 127 Å². The normalized spacial score (nSPS) is 11.6. The Balaban J connectivity index is 2.08. The summed E-state index contributed by atoms with van der Waals surface area (Å²) in [5.74, 6) is -3.17. The molecule has 0 amide bonds. The number of halogens is 2. The predicted molar refractivity (Wildman–Crippen MR) is 77.9 cm³/mol.